The molecule has 0 aliphatic heterocycles. The number of hydrogen-bond donors (Lipinski definition) is 0. The van der Waals surface area contributed by atoms with Gasteiger partial charge in [0.05, 0.1) is 6.07 Å². The summed E-state index contributed by atoms with van der Waals surface area (Å²) >= 11 is 0. The SMILES string of the molecule is N#CC(C(=O)C1C2CCCC21)c1cccc(F)c1. The van der Waals surface area contributed by atoms with Gasteiger partial charge in [0, 0.05) is 5.92 Å². The number of carbonyl (C=O) groups excluding carboxylic acids is 1. The standard InChI is InChI=1S/C15H14FNO/c16-10-4-1-3-9(7-10)13(8-17)15(18)14-11-5-2-6-12(11)14/h1,3-4,7,11-14H,2,5-6H2. The number of benzene rings is 1. The predicted molar refractivity (Wildman–Crippen MR) is 64.1 cm³/mol. The molecule has 2 saturated carbocycles. The second kappa shape index (κ2) is 4.20. The van der Waals surface area contributed by atoms with Gasteiger partial charge < -0.3 is 0 Å². The van der Waals surface area contributed by atoms with Gasteiger partial charge in [0.2, 0.25) is 0 Å². The average molecular weight is 243 g/mol. The van der Waals surface area contributed by atoms with Crippen LogP contribution in [0.4, 0.5) is 4.39 Å². The van der Waals surface area contributed by atoms with Gasteiger partial charge in [-0.25, -0.2) is 4.39 Å². The van der Waals surface area contributed by atoms with Crippen molar-refractivity contribution in [1.29, 1.82) is 5.26 Å². The van der Waals surface area contributed by atoms with Crippen molar-refractivity contribution in [3.63, 3.8) is 0 Å². The summed E-state index contributed by atoms with van der Waals surface area (Å²) in [7, 11) is 0. The molecule has 3 unspecified atom stereocenters. The number of nitrogens with zero attached hydrogens (tertiary/aromatic N) is 1. The Balaban J connectivity index is 1.81. The number of carbonyl (C=O) groups is 1. The van der Waals surface area contributed by atoms with E-state index in [1.54, 1.807) is 12.1 Å². The highest BCUT2D eigenvalue weighted by Crippen LogP contribution is 2.59. The number of hydrogen-bond acceptors (Lipinski definition) is 2. The zero-order valence-electron chi connectivity index (χ0n) is 9.97. The fourth-order valence-corrected chi connectivity index (χ4v) is 3.42. The summed E-state index contributed by atoms with van der Waals surface area (Å²) < 4.78 is 13.2. The molecule has 2 nitrogen and oxygen atoms in total. The maximum atomic E-state index is 13.2. The van der Waals surface area contributed by atoms with Gasteiger partial charge in [0.1, 0.15) is 11.7 Å². The molecule has 0 radical (unpaired) electrons. The monoisotopic (exact) mass is 243 g/mol. The minimum absolute atomic E-state index is 0.00204. The molecular formula is C15H14FNO. The van der Waals surface area contributed by atoms with Crippen molar-refractivity contribution in [1.82, 2.24) is 0 Å². The van der Waals surface area contributed by atoms with Gasteiger partial charge in [-0.1, -0.05) is 18.6 Å². The first-order valence-corrected chi connectivity index (χ1v) is 6.41. The van der Waals surface area contributed by atoms with Crippen LogP contribution in [0.5, 0.6) is 0 Å². The highest BCUT2D eigenvalue weighted by molar-refractivity contribution is 5.93. The highest BCUT2D eigenvalue weighted by atomic mass is 19.1. The molecular weight excluding hydrogens is 229 g/mol. The molecule has 0 aromatic heterocycles. The minimum atomic E-state index is -0.795. The van der Waals surface area contributed by atoms with E-state index in [1.807, 2.05) is 6.07 Å². The van der Waals surface area contributed by atoms with E-state index in [9.17, 15) is 14.4 Å². The molecule has 18 heavy (non-hydrogen) atoms. The normalized spacial score (nSPS) is 30.3. The van der Waals surface area contributed by atoms with Gasteiger partial charge in [-0.15, -0.1) is 0 Å². The third-order valence-electron chi connectivity index (χ3n) is 4.33. The number of nitriles is 1. The van der Waals surface area contributed by atoms with Crippen molar-refractivity contribution >= 4 is 5.78 Å². The van der Waals surface area contributed by atoms with E-state index in [0.717, 1.165) is 12.8 Å². The van der Waals surface area contributed by atoms with Gasteiger partial charge in [-0.05, 0) is 42.4 Å². The summed E-state index contributed by atoms with van der Waals surface area (Å²) in [5.41, 5.74) is 0.493. The van der Waals surface area contributed by atoms with Gasteiger partial charge in [0.25, 0.3) is 0 Å². The summed E-state index contributed by atoms with van der Waals surface area (Å²) in [4.78, 5) is 12.3. The van der Waals surface area contributed by atoms with Crippen molar-refractivity contribution in [2.24, 2.45) is 17.8 Å². The molecule has 3 atom stereocenters. The Labute approximate surface area is 105 Å². The van der Waals surface area contributed by atoms with E-state index in [1.165, 1.54) is 18.6 Å². The first kappa shape index (κ1) is 11.4. The Morgan fingerprint density at radius 2 is 2.11 bits per heavy atom. The van der Waals surface area contributed by atoms with Gasteiger partial charge in [0.15, 0.2) is 5.78 Å². The smallest absolute Gasteiger partial charge is 0.158 e. The van der Waals surface area contributed by atoms with Crippen LogP contribution in [0.2, 0.25) is 0 Å². The molecule has 0 N–H and O–H groups in total. The quantitative estimate of drug-likeness (QED) is 0.818. The lowest BCUT2D eigenvalue weighted by atomic mass is 9.91. The molecule has 0 bridgehead atoms. The Morgan fingerprint density at radius 3 is 2.72 bits per heavy atom. The predicted octanol–water partition coefficient (Wildman–Crippen LogP) is 3.05. The number of Topliss-reactive ketones (excluding diaryl/α,β-unsaturated/α-hetero) is 1. The second-order valence-electron chi connectivity index (χ2n) is 5.30. The van der Waals surface area contributed by atoms with Crippen LogP contribution in [-0.4, -0.2) is 5.78 Å². The van der Waals surface area contributed by atoms with E-state index in [-0.39, 0.29) is 11.7 Å². The molecule has 2 fully saturated rings. The molecule has 3 rings (SSSR count). The van der Waals surface area contributed by atoms with Crippen LogP contribution in [0.3, 0.4) is 0 Å². The van der Waals surface area contributed by atoms with E-state index < -0.39 is 11.7 Å². The highest BCUT2D eigenvalue weighted by Gasteiger charge is 2.57. The number of halogens is 1. The van der Waals surface area contributed by atoms with E-state index in [2.05, 4.69) is 0 Å². The minimum Gasteiger partial charge on any atom is -0.298 e. The first-order chi connectivity index (χ1) is 8.72. The van der Waals surface area contributed by atoms with Crippen LogP contribution in [0.15, 0.2) is 24.3 Å². The van der Waals surface area contributed by atoms with Crippen LogP contribution in [0.1, 0.15) is 30.7 Å². The lowest BCUT2D eigenvalue weighted by Gasteiger charge is -2.09. The lowest BCUT2D eigenvalue weighted by Crippen LogP contribution is -2.15. The van der Waals surface area contributed by atoms with E-state index >= 15 is 0 Å². The molecule has 1 aromatic rings. The molecule has 0 amide bonds. The Kier molecular flexibility index (Phi) is 2.66. The molecule has 0 heterocycles. The summed E-state index contributed by atoms with van der Waals surface area (Å²) in [6.07, 6.45) is 3.43. The van der Waals surface area contributed by atoms with Crippen molar-refractivity contribution in [2.45, 2.75) is 25.2 Å². The van der Waals surface area contributed by atoms with Crippen LogP contribution < -0.4 is 0 Å². The molecule has 0 spiro atoms. The fraction of sp³-hybridized carbons (Fsp3) is 0.467. The second-order valence-corrected chi connectivity index (χ2v) is 5.30. The Bertz CT molecular complexity index is 524. The topological polar surface area (TPSA) is 40.9 Å². The van der Waals surface area contributed by atoms with Gasteiger partial charge >= 0.3 is 0 Å². The van der Waals surface area contributed by atoms with Gasteiger partial charge in [-0.3, -0.25) is 4.79 Å². The third kappa shape index (κ3) is 1.73. The molecule has 2 aliphatic rings. The zero-order valence-corrected chi connectivity index (χ0v) is 9.97. The Morgan fingerprint density at radius 1 is 1.39 bits per heavy atom. The molecule has 1 aromatic carbocycles. The summed E-state index contributed by atoms with van der Waals surface area (Å²) in [5.74, 6) is -0.124. The van der Waals surface area contributed by atoms with Crippen LogP contribution >= 0.6 is 0 Å². The van der Waals surface area contributed by atoms with E-state index in [0.29, 0.717) is 17.4 Å². The van der Waals surface area contributed by atoms with Crippen molar-refractivity contribution in [2.75, 3.05) is 0 Å². The number of ketones is 1. The first-order valence-electron chi connectivity index (χ1n) is 6.41. The summed E-state index contributed by atoms with van der Waals surface area (Å²) in [6, 6.07) is 7.87. The zero-order chi connectivity index (χ0) is 12.7. The van der Waals surface area contributed by atoms with Crippen LogP contribution in [0.25, 0.3) is 0 Å². The molecule has 3 heteroatoms. The molecule has 2 aliphatic carbocycles. The lowest BCUT2D eigenvalue weighted by molar-refractivity contribution is -0.121. The number of fused-ring (bicyclic) bond motifs is 1. The average Bonchev–Trinajstić information content (AvgIpc) is 2.84. The molecule has 92 valence electrons. The van der Waals surface area contributed by atoms with Crippen LogP contribution in [-0.2, 0) is 4.79 Å². The van der Waals surface area contributed by atoms with Gasteiger partial charge in [-0.2, -0.15) is 5.26 Å². The fourth-order valence-electron chi connectivity index (χ4n) is 3.42. The van der Waals surface area contributed by atoms with E-state index in [4.69, 9.17) is 0 Å². The van der Waals surface area contributed by atoms with Crippen molar-refractivity contribution < 1.29 is 9.18 Å². The van der Waals surface area contributed by atoms with Crippen LogP contribution in [0, 0.1) is 34.9 Å². The third-order valence-corrected chi connectivity index (χ3v) is 4.33. The summed E-state index contributed by atoms with van der Waals surface area (Å²) in [5, 5.41) is 9.19. The Hall–Kier alpha value is -1.69. The molecule has 0 saturated heterocycles. The van der Waals surface area contributed by atoms with Crippen molar-refractivity contribution in [3.8, 4) is 6.07 Å². The van der Waals surface area contributed by atoms with Crippen molar-refractivity contribution in [3.05, 3.63) is 35.6 Å². The largest absolute Gasteiger partial charge is 0.298 e. The maximum absolute atomic E-state index is 13.2. The maximum Gasteiger partial charge on any atom is 0.158 e. The number of rotatable bonds is 3. The summed E-state index contributed by atoms with van der Waals surface area (Å²) in [6.45, 7) is 0.